The highest BCUT2D eigenvalue weighted by atomic mass is 16.5. The summed E-state index contributed by atoms with van der Waals surface area (Å²) < 4.78 is 5.35. The van der Waals surface area contributed by atoms with Crippen molar-refractivity contribution in [3.63, 3.8) is 0 Å². The Morgan fingerprint density at radius 1 is 0.920 bits per heavy atom. The Morgan fingerprint density at radius 2 is 1.60 bits per heavy atom. The molecule has 0 saturated heterocycles. The Bertz CT molecular complexity index is 1090. The lowest BCUT2D eigenvalue weighted by Gasteiger charge is -2.08. The molecule has 1 N–H and O–H groups in total. The number of carbonyl (C=O) groups excluding carboxylic acids is 1. The van der Waals surface area contributed by atoms with Crippen molar-refractivity contribution in [3.05, 3.63) is 84.1 Å². The number of hydrogen-bond donors (Lipinski definition) is 1. The van der Waals surface area contributed by atoms with Crippen LogP contribution in [0.3, 0.4) is 0 Å². The summed E-state index contributed by atoms with van der Waals surface area (Å²) >= 11 is 0. The number of esters is 1. The van der Waals surface area contributed by atoms with Gasteiger partial charge in [-0.3, -0.25) is 4.98 Å². The fourth-order valence-corrected chi connectivity index (χ4v) is 2.81. The fraction of sp³-hybridized carbons (Fsp3) is 0.0476. The molecule has 0 aliphatic carbocycles. The van der Waals surface area contributed by atoms with Crippen LogP contribution in [0.1, 0.15) is 15.9 Å². The Labute approximate surface area is 144 Å². The van der Waals surface area contributed by atoms with Gasteiger partial charge in [0.05, 0.1) is 5.52 Å². The molecular weight excluding hydrogens is 314 g/mol. The van der Waals surface area contributed by atoms with Gasteiger partial charge in [0, 0.05) is 17.1 Å². The van der Waals surface area contributed by atoms with Crippen LogP contribution in [-0.4, -0.2) is 16.1 Å². The average molecular weight is 329 g/mol. The van der Waals surface area contributed by atoms with Crippen LogP contribution < -0.4 is 0 Å². The number of ether oxygens (including phenoxy) is 1. The first-order chi connectivity index (χ1) is 12.2. The van der Waals surface area contributed by atoms with Crippen molar-refractivity contribution < 1.29 is 14.6 Å². The van der Waals surface area contributed by atoms with E-state index < -0.39 is 5.97 Å². The van der Waals surface area contributed by atoms with Crippen LogP contribution in [-0.2, 0) is 11.3 Å². The summed E-state index contributed by atoms with van der Waals surface area (Å²) in [5.41, 5.74) is 1.85. The van der Waals surface area contributed by atoms with Crippen LogP contribution >= 0.6 is 0 Å². The first-order valence-electron chi connectivity index (χ1n) is 7.93. The highest BCUT2D eigenvalue weighted by Gasteiger charge is 2.14. The maximum atomic E-state index is 12.3. The smallest absolute Gasteiger partial charge is 0.342 e. The third-order valence-corrected chi connectivity index (χ3v) is 4.10. The van der Waals surface area contributed by atoms with E-state index in [9.17, 15) is 9.90 Å². The summed E-state index contributed by atoms with van der Waals surface area (Å²) in [6.45, 7) is 0.100. The summed E-state index contributed by atoms with van der Waals surface area (Å²) in [7, 11) is 0. The zero-order chi connectivity index (χ0) is 17.2. The van der Waals surface area contributed by atoms with Crippen LogP contribution in [0.5, 0.6) is 5.75 Å². The zero-order valence-electron chi connectivity index (χ0n) is 13.3. The number of hydrogen-bond acceptors (Lipinski definition) is 4. The van der Waals surface area contributed by atoms with E-state index in [4.69, 9.17) is 4.74 Å². The van der Waals surface area contributed by atoms with Crippen molar-refractivity contribution in [2.45, 2.75) is 6.61 Å². The molecule has 0 fully saturated rings. The van der Waals surface area contributed by atoms with E-state index in [1.54, 1.807) is 18.3 Å². The molecule has 25 heavy (non-hydrogen) atoms. The number of phenols is 1. The molecule has 3 aromatic carbocycles. The monoisotopic (exact) mass is 329 g/mol. The molecule has 4 rings (SSSR count). The van der Waals surface area contributed by atoms with Gasteiger partial charge in [0.2, 0.25) is 0 Å². The van der Waals surface area contributed by atoms with E-state index in [-0.39, 0.29) is 17.9 Å². The summed E-state index contributed by atoms with van der Waals surface area (Å²) in [6, 6.07) is 20.4. The van der Waals surface area contributed by atoms with Gasteiger partial charge >= 0.3 is 5.97 Å². The van der Waals surface area contributed by atoms with Crippen molar-refractivity contribution in [2.24, 2.45) is 0 Å². The lowest BCUT2D eigenvalue weighted by Crippen LogP contribution is -2.06. The van der Waals surface area contributed by atoms with Gasteiger partial charge in [-0.05, 0) is 35.0 Å². The van der Waals surface area contributed by atoms with E-state index in [0.29, 0.717) is 0 Å². The van der Waals surface area contributed by atoms with Crippen molar-refractivity contribution in [2.75, 3.05) is 0 Å². The van der Waals surface area contributed by atoms with Gasteiger partial charge in [-0.2, -0.15) is 0 Å². The minimum absolute atomic E-state index is 0.0830. The summed E-state index contributed by atoms with van der Waals surface area (Å²) in [5.74, 6) is -0.642. The summed E-state index contributed by atoms with van der Waals surface area (Å²) in [4.78, 5) is 16.7. The number of benzene rings is 3. The molecule has 4 heteroatoms. The van der Waals surface area contributed by atoms with Crippen molar-refractivity contribution in [1.29, 1.82) is 0 Å². The van der Waals surface area contributed by atoms with E-state index in [1.807, 2.05) is 54.6 Å². The number of aromatic hydroxyl groups is 1. The lowest BCUT2D eigenvalue weighted by atomic mass is 10.1. The van der Waals surface area contributed by atoms with Crippen LogP contribution in [0, 0.1) is 0 Å². The molecule has 122 valence electrons. The molecular formula is C21H15NO3. The Hall–Kier alpha value is -3.40. The molecule has 1 aromatic heterocycles. The predicted octanol–water partition coefficient (Wildman–Crippen LogP) is 4.45. The highest BCUT2D eigenvalue weighted by molar-refractivity contribution is 5.98. The lowest BCUT2D eigenvalue weighted by molar-refractivity contribution is 0.0469. The summed E-state index contributed by atoms with van der Waals surface area (Å²) in [6.07, 6.45) is 1.69. The number of para-hydroxylation sites is 1. The number of pyridine rings is 1. The molecule has 0 spiro atoms. The van der Waals surface area contributed by atoms with Gasteiger partial charge < -0.3 is 9.84 Å². The van der Waals surface area contributed by atoms with Gasteiger partial charge in [0.1, 0.15) is 17.9 Å². The number of fused-ring (bicyclic) bond motifs is 2. The Morgan fingerprint density at radius 3 is 2.40 bits per heavy atom. The molecule has 0 aliphatic heterocycles. The highest BCUT2D eigenvalue weighted by Crippen LogP contribution is 2.26. The van der Waals surface area contributed by atoms with Crippen molar-refractivity contribution >= 4 is 27.6 Å². The van der Waals surface area contributed by atoms with Gasteiger partial charge in [-0.15, -0.1) is 0 Å². The maximum Gasteiger partial charge on any atom is 0.342 e. The second kappa shape index (κ2) is 6.24. The van der Waals surface area contributed by atoms with Crippen molar-refractivity contribution in [3.8, 4) is 5.75 Å². The van der Waals surface area contributed by atoms with Gasteiger partial charge in [0.25, 0.3) is 0 Å². The second-order valence-electron chi connectivity index (χ2n) is 5.83. The number of carbonyl (C=O) groups is 1. The third-order valence-electron chi connectivity index (χ3n) is 4.10. The van der Waals surface area contributed by atoms with Gasteiger partial charge in [0.15, 0.2) is 0 Å². The van der Waals surface area contributed by atoms with E-state index in [1.165, 1.54) is 0 Å². The topological polar surface area (TPSA) is 59.4 Å². The molecule has 0 atom stereocenters. The molecule has 0 radical (unpaired) electrons. The number of phenolic OH excluding ortho intramolecular Hbond substituents is 1. The van der Waals surface area contributed by atoms with Crippen LogP contribution in [0.2, 0.25) is 0 Å². The minimum atomic E-state index is -0.559. The number of aromatic nitrogens is 1. The molecule has 4 aromatic rings. The molecule has 4 nitrogen and oxygen atoms in total. The normalized spacial score (nSPS) is 10.9. The first kappa shape index (κ1) is 15.1. The first-order valence-corrected chi connectivity index (χ1v) is 7.93. The number of rotatable bonds is 3. The van der Waals surface area contributed by atoms with Gasteiger partial charge in [-0.25, -0.2) is 4.79 Å². The molecule has 0 bridgehead atoms. The van der Waals surface area contributed by atoms with E-state index >= 15 is 0 Å². The van der Waals surface area contributed by atoms with E-state index in [2.05, 4.69) is 4.98 Å². The van der Waals surface area contributed by atoms with Crippen LogP contribution in [0.15, 0.2) is 72.9 Å². The van der Waals surface area contributed by atoms with E-state index in [0.717, 1.165) is 27.2 Å². The van der Waals surface area contributed by atoms with Crippen molar-refractivity contribution in [1.82, 2.24) is 4.98 Å². The standard InChI is InChI=1S/C21H15NO3/c23-20-11-16-6-2-1-5-15(16)10-18(20)21(24)25-13-14-9-17-7-3-4-8-19(17)22-12-14/h1-12,23H,13H2. The predicted molar refractivity (Wildman–Crippen MR) is 96.5 cm³/mol. The average Bonchev–Trinajstić information content (AvgIpc) is 2.65. The fourth-order valence-electron chi connectivity index (χ4n) is 2.81. The molecule has 0 amide bonds. The molecule has 0 saturated carbocycles. The summed E-state index contributed by atoms with van der Waals surface area (Å²) in [5, 5.41) is 12.8. The number of nitrogens with zero attached hydrogens (tertiary/aromatic N) is 1. The van der Waals surface area contributed by atoms with Gasteiger partial charge in [-0.1, -0.05) is 42.5 Å². The third kappa shape index (κ3) is 3.02. The van der Waals surface area contributed by atoms with Crippen LogP contribution in [0.25, 0.3) is 21.7 Å². The molecule has 0 unspecified atom stereocenters. The molecule has 0 aliphatic rings. The maximum absolute atomic E-state index is 12.3. The Balaban J connectivity index is 1.56. The van der Waals surface area contributed by atoms with Crippen LogP contribution in [0.4, 0.5) is 0 Å². The largest absolute Gasteiger partial charge is 0.507 e. The zero-order valence-corrected chi connectivity index (χ0v) is 13.3. The quantitative estimate of drug-likeness (QED) is 0.564. The SMILES string of the molecule is O=C(OCc1cnc2ccccc2c1)c1cc2ccccc2cc1O. The minimum Gasteiger partial charge on any atom is -0.507 e. The second-order valence-corrected chi connectivity index (χ2v) is 5.83. The Kier molecular flexibility index (Phi) is 3.78. The molecule has 1 heterocycles.